The Bertz CT molecular complexity index is 723. The second kappa shape index (κ2) is 6.50. The van der Waals surface area contributed by atoms with Crippen molar-refractivity contribution < 1.29 is 19.4 Å². The lowest BCUT2D eigenvalue weighted by Crippen LogP contribution is -2.11. The summed E-state index contributed by atoms with van der Waals surface area (Å²) in [7, 11) is 1.54. The molecule has 1 heterocycles. The zero-order chi connectivity index (χ0) is 16.4. The zero-order valence-corrected chi connectivity index (χ0v) is 13.4. The molecule has 1 aromatic carbocycles. The number of hydrogen-bond donors (Lipinski definition) is 2. The van der Waals surface area contributed by atoms with Gasteiger partial charge in [-0.15, -0.1) is 0 Å². The molecule has 1 fully saturated rings. The monoisotopic (exact) mass is 336 g/mol. The van der Waals surface area contributed by atoms with Gasteiger partial charge >= 0.3 is 5.97 Å². The number of ether oxygens (including phenoxy) is 2. The Hall–Kier alpha value is -2.21. The minimum Gasteiger partial charge on any atom is -0.491 e. The first kappa shape index (κ1) is 15.7. The van der Waals surface area contributed by atoms with E-state index in [4.69, 9.17) is 26.2 Å². The Morgan fingerprint density at radius 3 is 2.70 bits per heavy atom. The highest BCUT2D eigenvalue weighted by molar-refractivity contribution is 6.32. The number of H-pyrrole nitrogens is 1. The number of aromatic amines is 1. The fourth-order valence-electron chi connectivity index (χ4n) is 2.77. The van der Waals surface area contributed by atoms with Crippen LogP contribution in [-0.2, 0) is 0 Å². The molecule has 6 nitrogen and oxygen atoms in total. The SMILES string of the molecule is COc1c(Cl)cc(-c2cc(C(=O)O)[nH]n2)cc1OC1CCCC1. The van der Waals surface area contributed by atoms with E-state index in [0.717, 1.165) is 25.7 Å². The number of halogens is 1. The smallest absolute Gasteiger partial charge is 0.353 e. The number of hydrogen-bond acceptors (Lipinski definition) is 4. The van der Waals surface area contributed by atoms with Crippen molar-refractivity contribution in [2.24, 2.45) is 0 Å². The van der Waals surface area contributed by atoms with E-state index in [1.807, 2.05) is 0 Å². The van der Waals surface area contributed by atoms with Crippen LogP contribution in [0.1, 0.15) is 36.2 Å². The number of carbonyl (C=O) groups is 1. The molecule has 2 aromatic rings. The summed E-state index contributed by atoms with van der Waals surface area (Å²) >= 11 is 6.28. The summed E-state index contributed by atoms with van der Waals surface area (Å²) in [4.78, 5) is 11.0. The number of carboxylic acids is 1. The van der Waals surface area contributed by atoms with Crippen molar-refractivity contribution in [2.75, 3.05) is 7.11 Å². The fraction of sp³-hybridized carbons (Fsp3) is 0.375. The first-order valence-corrected chi connectivity index (χ1v) is 7.79. The van der Waals surface area contributed by atoms with E-state index in [1.54, 1.807) is 19.2 Å². The van der Waals surface area contributed by atoms with Crippen molar-refractivity contribution in [1.29, 1.82) is 0 Å². The largest absolute Gasteiger partial charge is 0.491 e. The molecule has 1 aliphatic rings. The summed E-state index contributed by atoms with van der Waals surface area (Å²) in [5, 5.41) is 15.9. The first-order valence-electron chi connectivity index (χ1n) is 7.41. The molecule has 0 spiro atoms. The second-order valence-corrected chi connectivity index (χ2v) is 5.89. The zero-order valence-electron chi connectivity index (χ0n) is 12.6. The Morgan fingerprint density at radius 1 is 1.35 bits per heavy atom. The number of benzene rings is 1. The Labute approximate surface area is 138 Å². The third-order valence-electron chi connectivity index (χ3n) is 3.91. The van der Waals surface area contributed by atoms with E-state index in [-0.39, 0.29) is 11.8 Å². The molecule has 0 aliphatic heterocycles. The van der Waals surface area contributed by atoms with E-state index in [0.29, 0.717) is 27.8 Å². The van der Waals surface area contributed by atoms with Crippen LogP contribution in [0.5, 0.6) is 11.5 Å². The van der Waals surface area contributed by atoms with Crippen LogP contribution in [0.2, 0.25) is 5.02 Å². The first-order chi connectivity index (χ1) is 11.1. The third-order valence-corrected chi connectivity index (χ3v) is 4.19. The van der Waals surface area contributed by atoms with Gasteiger partial charge in [-0.2, -0.15) is 5.10 Å². The standard InChI is InChI=1S/C16H17ClN2O4/c1-22-15-11(17)6-9(12-8-13(16(20)21)19-18-12)7-14(15)23-10-4-2-3-5-10/h6-8,10H,2-5H2,1H3,(H,18,19)(H,20,21). The Morgan fingerprint density at radius 2 is 2.09 bits per heavy atom. The fourth-order valence-corrected chi connectivity index (χ4v) is 3.05. The number of methoxy groups -OCH3 is 1. The summed E-state index contributed by atoms with van der Waals surface area (Å²) in [5.41, 5.74) is 1.18. The molecule has 0 saturated heterocycles. The van der Waals surface area contributed by atoms with Crippen LogP contribution in [0.15, 0.2) is 18.2 Å². The summed E-state index contributed by atoms with van der Waals surface area (Å²) in [6.45, 7) is 0. The molecule has 1 aromatic heterocycles. The predicted octanol–water partition coefficient (Wildman–Crippen LogP) is 3.76. The minimum absolute atomic E-state index is 0.0187. The van der Waals surface area contributed by atoms with E-state index >= 15 is 0 Å². The maximum absolute atomic E-state index is 11.0. The Balaban J connectivity index is 1.96. The quantitative estimate of drug-likeness (QED) is 0.868. The highest BCUT2D eigenvalue weighted by Gasteiger charge is 2.21. The molecule has 3 rings (SSSR count). The van der Waals surface area contributed by atoms with Crippen molar-refractivity contribution in [3.8, 4) is 22.8 Å². The molecule has 0 amide bonds. The summed E-state index contributed by atoms with van der Waals surface area (Å²) in [5.74, 6) is -0.0242. The van der Waals surface area contributed by atoms with E-state index in [9.17, 15) is 4.79 Å². The number of aromatic nitrogens is 2. The average molecular weight is 337 g/mol. The van der Waals surface area contributed by atoms with Crippen LogP contribution >= 0.6 is 11.6 Å². The van der Waals surface area contributed by atoms with Gasteiger partial charge in [0, 0.05) is 5.56 Å². The average Bonchev–Trinajstić information content (AvgIpc) is 3.18. The summed E-state index contributed by atoms with van der Waals surface area (Å²) < 4.78 is 11.4. The molecule has 2 N–H and O–H groups in total. The van der Waals surface area contributed by atoms with Gasteiger partial charge in [0.1, 0.15) is 5.69 Å². The molecule has 0 bridgehead atoms. The Kier molecular flexibility index (Phi) is 4.43. The minimum atomic E-state index is -1.06. The number of nitrogens with one attached hydrogen (secondary N) is 1. The maximum atomic E-state index is 11.0. The van der Waals surface area contributed by atoms with Crippen LogP contribution in [-0.4, -0.2) is 34.5 Å². The molecular weight excluding hydrogens is 320 g/mol. The van der Waals surface area contributed by atoms with E-state index in [2.05, 4.69) is 10.2 Å². The van der Waals surface area contributed by atoms with E-state index in [1.165, 1.54) is 6.07 Å². The third kappa shape index (κ3) is 3.27. The van der Waals surface area contributed by atoms with Gasteiger partial charge in [-0.05, 0) is 43.9 Å². The van der Waals surface area contributed by atoms with E-state index < -0.39 is 5.97 Å². The lowest BCUT2D eigenvalue weighted by molar-refractivity contribution is 0.0690. The van der Waals surface area contributed by atoms with Gasteiger partial charge in [-0.1, -0.05) is 11.6 Å². The maximum Gasteiger partial charge on any atom is 0.353 e. The van der Waals surface area contributed by atoms with Gasteiger partial charge in [0.05, 0.1) is 23.9 Å². The van der Waals surface area contributed by atoms with Crippen molar-refractivity contribution in [2.45, 2.75) is 31.8 Å². The molecule has 122 valence electrons. The van der Waals surface area contributed by atoms with Crippen LogP contribution in [0, 0.1) is 0 Å². The van der Waals surface area contributed by atoms with Crippen LogP contribution in [0.4, 0.5) is 0 Å². The molecule has 1 saturated carbocycles. The molecule has 0 atom stereocenters. The van der Waals surface area contributed by atoms with Crippen molar-refractivity contribution >= 4 is 17.6 Å². The second-order valence-electron chi connectivity index (χ2n) is 5.49. The normalized spacial score (nSPS) is 14.9. The molecule has 1 aliphatic carbocycles. The number of aromatic carboxylic acids is 1. The molecule has 7 heteroatoms. The van der Waals surface area contributed by atoms with Gasteiger partial charge in [-0.25, -0.2) is 4.79 Å². The lowest BCUT2D eigenvalue weighted by atomic mass is 10.1. The van der Waals surface area contributed by atoms with Crippen LogP contribution < -0.4 is 9.47 Å². The molecule has 0 unspecified atom stereocenters. The van der Waals surface area contributed by atoms with Gasteiger partial charge in [0.25, 0.3) is 0 Å². The predicted molar refractivity (Wildman–Crippen MR) is 85.4 cm³/mol. The highest BCUT2D eigenvalue weighted by atomic mass is 35.5. The summed E-state index contributed by atoms with van der Waals surface area (Å²) in [6, 6.07) is 4.92. The number of nitrogens with zero attached hydrogens (tertiary/aromatic N) is 1. The lowest BCUT2D eigenvalue weighted by Gasteiger charge is -2.17. The van der Waals surface area contributed by atoms with Crippen molar-refractivity contribution in [3.63, 3.8) is 0 Å². The van der Waals surface area contributed by atoms with Gasteiger partial charge in [0.15, 0.2) is 11.5 Å². The van der Waals surface area contributed by atoms with Gasteiger partial charge in [-0.3, -0.25) is 5.10 Å². The topological polar surface area (TPSA) is 84.4 Å². The number of rotatable bonds is 5. The van der Waals surface area contributed by atoms with Crippen LogP contribution in [0.25, 0.3) is 11.3 Å². The number of carboxylic acid groups (broad SMARTS) is 1. The van der Waals surface area contributed by atoms with Crippen LogP contribution in [0.3, 0.4) is 0 Å². The highest BCUT2D eigenvalue weighted by Crippen LogP contribution is 2.40. The van der Waals surface area contributed by atoms with Gasteiger partial charge < -0.3 is 14.6 Å². The van der Waals surface area contributed by atoms with Crippen molar-refractivity contribution in [3.05, 3.63) is 28.9 Å². The summed E-state index contributed by atoms with van der Waals surface area (Å²) in [6.07, 6.45) is 4.49. The molecule has 23 heavy (non-hydrogen) atoms. The van der Waals surface area contributed by atoms with Gasteiger partial charge in [0.2, 0.25) is 0 Å². The van der Waals surface area contributed by atoms with Crippen molar-refractivity contribution in [1.82, 2.24) is 10.2 Å². The molecule has 0 radical (unpaired) electrons. The molecular formula is C16H17ClN2O4.